The van der Waals surface area contributed by atoms with E-state index < -0.39 is 10.8 Å². The third-order valence-corrected chi connectivity index (χ3v) is 2.92. The third-order valence-electron chi connectivity index (χ3n) is 2.92. The number of amides is 1. The van der Waals surface area contributed by atoms with Crippen molar-refractivity contribution in [1.82, 2.24) is 5.43 Å². The number of carbonyl (C=O) groups excluding carboxylic acids is 1. The molecule has 0 heterocycles. The Balaban J connectivity index is 1.88. The number of ether oxygens (including phenoxy) is 2. The summed E-state index contributed by atoms with van der Waals surface area (Å²) in [6.07, 6.45) is 1.45. The Labute approximate surface area is 137 Å². The number of nitrogens with zero attached hydrogens (tertiary/aromatic N) is 2. The number of rotatable bonds is 7. The molecule has 0 unspecified atom stereocenters. The maximum absolute atomic E-state index is 11.7. The van der Waals surface area contributed by atoms with Crippen molar-refractivity contribution in [3.8, 4) is 11.5 Å². The second-order valence-corrected chi connectivity index (χ2v) is 4.58. The number of nitro benzene ring substituents is 1. The molecule has 8 nitrogen and oxygen atoms in total. The van der Waals surface area contributed by atoms with Crippen LogP contribution >= 0.6 is 0 Å². The molecular weight excluding hydrogens is 314 g/mol. The van der Waals surface area contributed by atoms with E-state index in [2.05, 4.69) is 10.5 Å². The molecule has 0 bridgehead atoms. The molecule has 1 amide bonds. The lowest BCUT2D eigenvalue weighted by atomic mass is 10.2. The van der Waals surface area contributed by atoms with Gasteiger partial charge in [0.1, 0.15) is 5.75 Å². The highest BCUT2D eigenvalue weighted by atomic mass is 16.6. The molecule has 0 saturated carbocycles. The number of methoxy groups -OCH3 is 1. The van der Waals surface area contributed by atoms with Crippen molar-refractivity contribution in [2.24, 2.45) is 5.10 Å². The zero-order valence-corrected chi connectivity index (χ0v) is 12.8. The van der Waals surface area contributed by atoms with Crippen LogP contribution in [0.4, 0.5) is 5.69 Å². The normalized spacial score (nSPS) is 10.4. The molecule has 2 aromatic carbocycles. The zero-order valence-electron chi connectivity index (χ0n) is 12.8. The lowest BCUT2D eigenvalue weighted by Crippen LogP contribution is -2.24. The fraction of sp³-hybridized carbons (Fsp3) is 0.125. The minimum absolute atomic E-state index is 0.0226. The highest BCUT2D eigenvalue weighted by Crippen LogP contribution is 2.25. The van der Waals surface area contributed by atoms with Crippen LogP contribution in [0, 0.1) is 10.1 Å². The Morgan fingerprint density at radius 2 is 2.08 bits per heavy atom. The van der Waals surface area contributed by atoms with E-state index >= 15 is 0 Å². The van der Waals surface area contributed by atoms with Crippen LogP contribution in [-0.2, 0) is 4.79 Å². The maximum atomic E-state index is 11.7. The molecule has 8 heteroatoms. The van der Waals surface area contributed by atoms with Crippen molar-refractivity contribution >= 4 is 17.8 Å². The van der Waals surface area contributed by atoms with Crippen molar-refractivity contribution in [2.45, 2.75) is 0 Å². The van der Waals surface area contributed by atoms with Crippen molar-refractivity contribution < 1.29 is 19.2 Å². The van der Waals surface area contributed by atoms with Gasteiger partial charge in [0.25, 0.3) is 5.91 Å². The first kappa shape index (κ1) is 16.9. The number of hydrogen-bond donors (Lipinski definition) is 1. The van der Waals surface area contributed by atoms with Crippen LogP contribution in [0.1, 0.15) is 5.56 Å². The molecule has 124 valence electrons. The quantitative estimate of drug-likeness (QED) is 0.476. The summed E-state index contributed by atoms with van der Waals surface area (Å²) in [6.45, 7) is -0.389. The minimum Gasteiger partial charge on any atom is -0.497 e. The van der Waals surface area contributed by atoms with Gasteiger partial charge < -0.3 is 9.47 Å². The van der Waals surface area contributed by atoms with Gasteiger partial charge in [-0.3, -0.25) is 14.9 Å². The molecule has 2 aromatic rings. The molecule has 0 aliphatic heterocycles. The molecule has 24 heavy (non-hydrogen) atoms. The van der Waals surface area contributed by atoms with Crippen LogP contribution in [0.15, 0.2) is 53.6 Å². The number of hydrazone groups is 1. The largest absolute Gasteiger partial charge is 0.497 e. The zero-order chi connectivity index (χ0) is 17.4. The van der Waals surface area contributed by atoms with E-state index in [1.807, 2.05) is 0 Å². The van der Waals surface area contributed by atoms with Crippen molar-refractivity contribution in [1.29, 1.82) is 0 Å². The number of carbonyl (C=O) groups is 1. The molecule has 0 atom stereocenters. The summed E-state index contributed by atoms with van der Waals surface area (Å²) >= 11 is 0. The molecule has 1 N–H and O–H groups in total. The number of hydrogen-bond acceptors (Lipinski definition) is 6. The van der Waals surface area contributed by atoms with Gasteiger partial charge in [-0.15, -0.1) is 0 Å². The van der Waals surface area contributed by atoms with Crippen LogP contribution < -0.4 is 14.9 Å². The fourth-order valence-corrected chi connectivity index (χ4v) is 1.81. The molecule has 0 aliphatic carbocycles. The Morgan fingerprint density at radius 3 is 2.83 bits per heavy atom. The Morgan fingerprint density at radius 1 is 1.29 bits per heavy atom. The molecule has 2 rings (SSSR count). The van der Waals surface area contributed by atoms with Gasteiger partial charge in [-0.05, 0) is 23.8 Å². The lowest BCUT2D eigenvalue weighted by molar-refractivity contribution is -0.385. The smallest absolute Gasteiger partial charge is 0.310 e. The van der Waals surface area contributed by atoms with Gasteiger partial charge in [0, 0.05) is 6.07 Å². The summed E-state index contributed by atoms with van der Waals surface area (Å²) in [5, 5.41) is 14.6. The first-order chi connectivity index (χ1) is 11.6. The summed E-state index contributed by atoms with van der Waals surface area (Å²) in [6, 6.07) is 12.9. The third kappa shape index (κ3) is 4.80. The van der Waals surface area contributed by atoms with Crippen molar-refractivity contribution in [3.63, 3.8) is 0 Å². The van der Waals surface area contributed by atoms with E-state index in [1.165, 1.54) is 24.4 Å². The van der Waals surface area contributed by atoms with Gasteiger partial charge in [-0.1, -0.05) is 24.3 Å². The highest BCUT2D eigenvalue weighted by molar-refractivity contribution is 5.83. The van der Waals surface area contributed by atoms with E-state index in [1.54, 1.807) is 37.4 Å². The molecule has 0 saturated heterocycles. The van der Waals surface area contributed by atoms with Crippen LogP contribution in [0.2, 0.25) is 0 Å². The van der Waals surface area contributed by atoms with Gasteiger partial charge in [0.05, 0.1) is 18.2 Å². The van der Waals surface area contributed by atoms with Gasteiger partial charge in [0.2, 0.25) is 0 Å². The van der Waals surface area contributed by atoms with Gasteiger partial charge in [-0.25, -0.2) is 5.43 Å². The van der Waals surface area contributed by atoms with Crippen LogP contribution in [0.3, 0.4) is 0 Å². The fourth-order valence-electron chi connectivity index (χ4n) is 1.81. The molecule has 0 radical (unpaired) electrons. The van der Waals surface area contributed by atoms with E-state index in [0.29, 0.717) is 5.75 Å². The molecule has 0 spiro atoms. The summed E-state index contributed by atoms with van der Waals surface area (Å²) < 4.78 is 10.2. The second kappa shape index (κ2) is 8.28. The molecule has 0 fully saturated rings. The average molecular weight is 329 g/mol. The summed E-state index contributed by atoms with van der Waals surface area (Å²) in [7, 11) is 1.55. The van der Waals surface area contributed by atoms with Gasteiger partial charge in [0.15, 0.2) is 12.4 Å². The van der Waals surface area contributed by atoms with E-state index in [9.17, 15) is 14.9 Å². The number of nitrogens with one attached hydrogen (secondary N) is 1. The number of para-hydroxylation sites is 2. The number of nitro groups is 1. The van der Waals surface area contributed by atoms with Gasteiger partial charge in [-0.2, -0.15) is 5.10 Å². The average Bonchev–Trinajstić information content (AvgIpc) is 2.60. The van der Waals surface area contributed by atoms with E-state index in [-0.39, 0.29) is 18.0 Å². The first-order valence-electron chi connectivity index (χ1n) is 6.92. The lowest BCUT2D eigenvalue weighted by Gasteiger charge is -2.05. The number of benzene rings is 2. The summed E-state index contributed by atoms with van der Waals surface area (Å²) in [5.74, 6) is 0.159. The molecular formula is C16H15N3O5. The van der Waals surface area contributed by atoms with Gasteiger partial charge >= 0.3 is 5.69 Å². The Hall–Kier alpha value is -3.42. The van der Waals surface area contributed by atoms with Crippen LogP contribution in [-0.4, -0.2) is 30.8 Å². The standard InChI is InChI=1S/C16H15N3O5/c1-23-13-6-4-5-12(9-13)10-17-18-16(20)11-24-15-8-3-2-7-14(15)19(21)22/h2-10H,11H2,1H3,(H,18,20)/b17-10-. The first-order valence-corrected chi connectivity index (χ1v) is 6.92. The minimum atomic E-state index is -0.575. The molecule has 0 aliphatic rings. The predicted octanol–water partition coefficient (Wildman–Crippen LogP) is 2.13. The van der Waals surface area contributed by atoms with Crippen molar-refractivity contribution in [3.05, 3.63) is 64.2 Å². The highest BCUT2D eigenvalue weighted by Gasteiger charge is 2.14. The van der Waals surface area contributed by atoms with E-state index in [0.717, 1.165) is 5.56 Å². The summed E-state index contributed by atoms with van der Waals surface area (Å²) in [4.78, 5) is 21.9. The topological polar surface area (TPSA) is 103 Å². The Bertz CT molecular complexity index is 761. The Kier molecular flexibility index (Phi) is 5.84. The monoisotopic (exact) mass is 329 g/mol. The molecule has 0 aromatic heterocycles. The van der Waals surface area contributed by atoms with Crippen LogP contribution in [0.25, 0.3) is 0 Å². The predicted molar refractivity (Wildman–Crippen MR) is 87.3 cm³/mol. The van der Waals surface area contributed by atoms with E-state index in [4.69, 9.17) is 9.47 Å². The second-order valence-electron chi connectivity index (χ2n) is 4.58. The maximum Gasteiger partial charge on any atom is 0.310 e. The van der Waals surface area contributed by atoms with Crippen LogP contribution in [0.5, 0.6) is 11.5 Å². The van der Waals surface area contributed by atoms with Crippen molar-refractivity contribution in [2.75, 3.05) is 13.7 Å². The summed E-state index contributed by atoms with van der Waals surface area (Å²) in [5.41, 5.74) is 2.82. The SMILES string of the molecule is COc1cccc(/C=N\NC(=O)COc2ccccc2[N+](=O)[O-])c1.